The molecule has 1 aromatic rings. The number of dihydropyridines is 1. The highest BCUT2D eigenvalue weighted by molar-refractivity contribution is 9.12. The summed E-state index contributed by atoms with van der Waals surface area (Å²) in [5.74, 6) is 0.281. The molecule has 1 aromatic heterocycles. The quantitative estimate of drug-likeness (QED) is 0.750. The fourth-order valence-corrected chi connectivity index (χ4v) is 3.96. The molecule has 0 aromatic carbocycles. The number of aromatic nitrogens is 1. The Morgan fingerprint density at radius 3 is 2.67 bits per heavy atom. The first-order valence-corrected chi connectivity index (χ1v) is 9.03. The number of aliphatic imine (C=N–C) groups is 1. The van der Waals surface area contributed by atoms with E-state index in [2.05, 4.69) is 41.8 Å². The number of sulfonamides is 1. The molecule has 0 saturated carbocycles. The second kappa shape index (κ2) is 5.96. The SMILES string of the molecule is COc1cc(Br)cnc1C1(S(N)(=O)=O)C=C(Br)C(Cl)=NC1. The van der Waals surface area contributed by atoms with Gasteiger partial charge in [0.15, 0.2) is 4.75 Å². The second-order valence-corrected chi connectivity index (χ2v) is 8.18. The van der Waals surface area contributed by atoms with Crippen LogP contribution in [0.15, 0.2) is 32.3 Å². The Labute approximate surface area is 143 Å². The number of allylic oxidation sites excluding steroid dienone is 1. The summed E-state index contributed by atoms with van der Waals surface area (Å²) in [6, 6.07) is 1.61. The molecule has 21 heavy (non-hydrogen) atoms. The lowest BCUT2D eigenvalue weighted by atomic mass is 10.0. The molecule has 2 rings (SSSR count). The molecule has 0 bridgehead atoms. The molecule has 10 heteroatoms. The minimum absolute atomic E-state index is 0.153. The summed E-state index contributed by atoms with van der Waals surface area (Å²) in [7, 11) is -2.65. The molecular formula is C11H10Br2ClN3O3S. The molecule has 114 valence electrons. The molecular weight excluding hydrogens is 449 g/mol. The number of halogens is 3. The van der Waals surface area contributed by atoms with Gasteiger partial charge in [0.1, 0.15) is 16.6 Å². The zero-order valence-corrected chi connectivity index (χ0v) is 15.4. The van der Waals surface area contributed by atoms with Crippen molar-refractivity contribution < 1.29 is 13.2 Å². The lowest BCUT2D eigenvalue weighted by Gasteiger charge is -2.30. The first kappa shape index (κ1) is 16.9. The van der Waals surface area contributed by atoms with Crippen LogP contribution < -0.4 is 9.88 Å². The Balaban J connectivity index is 2.76. The smallest absolute Gasteiger partial charge is 0.226 e. The highest BCUT2D eigenvalue weighted by Gasteiger charge is 2.47. The van der Waals surface area contributed by atoms with Crippen molar-refractivity contribution in [2.24, 2.45) is 10.1 Å². The predicted molar refractivity (Wildman–Crippen MR) is 88.4 cm³/mol. The average Bonchev–Trinajstić information content (AvgIpc) is 2.40. The minimum Gasteiger partial charge on any atom is -0.495 e. The van der Waals surface area contributed by atoms with Gasteiger partial charge in [-0.2, -0.15) is 0 Å². The molecule has 0 radical (unpaired) electrons. The average molecular weight is 460 g/mol. The normalized spacial score (nSPS) is 22.5. The summed E-state index contributed by atoms with van der Waals surface area (Å²) >= 11 is 12.3. The van der Waals surface area contributed by atoms with Crippen molar-refractivity contribution >= 4 is 58.7 Å². The van der Waals surface area contributed by atoms with E-state index >= 15 is 0 Å². The van der Waals surface area contributed by atoms with E-state index in [0.717, 1.165) is 0 Å². The zero-order valence-electron chi connectivity index (χ0n) is 10.7. The summed E-state index contributed by atoms with van der Waals surface area (Å²) in [4.78, 5) is 8.17. The molecule has 0 aliphatic carbocycles. The summed E-state index contributed by atoms with van der Waals surface area (Å²) in [6.45, 7) is -0.176. The van der Waals surface area contributed by atoms with Gasteiger partial charge in [0, 0.05) is 10.7 Å². The van der Waals surface area contributed by atoms with E-state index in [1.807, 2.05) is 0 Å². The Kier molecular flexibility index (Phi) is 4.79. The molecule has 1 aliphatic rings. The number of nitrogens with two attached hydrogens (primary N) is 1. The maximum atomic E-state index is 12.2. The number of primary sulfonamides is 1. The molecule has 0 amide bonds. The van der Waals surface area contributed by atoms with Gasteiger partial charge in [-0.05, 0) is 44.0 Å². The van der Waals surface area contributed by atoms with E-state index in [-0.39, 0.29) is 23.2 Å². The van der Waals surface area contributed by atoms with Gasteiger partial charge in [0.05, 0.1) is 18.1 Å². The van der Waals surface area contributed by atoms with Gasteiger partial charge >= 0.3 is 0 Å². The molecule has 0 spiro atoms. The molecule has 1 atom stereocenters. The molecule has 0 fully saturated rings. The van der Waals surface area contributed by atoms with E-state index in [1.165, 1.54) is 19.4 Å². The van der Waals surface area contributed by atoms with Gasteiger partial charge in [0.2, 0.25) is 10.0 Å². The van der Waals surface area contributed by atoms with Crippen LogP contribution in [0.2, 0.25) is 0 Å². The lowest BCUT2D eigenvalue weighted by Crippen LogP contribution is -2.44. The Hall–Kier alpha value is -0.480. The van der Waals surface area contributed by atoms with Crippen LogP contribution in [0.5, 0.6) is 5.75 Å². The maximum absolute atomic E-state index is 12.2. The van der Waals surface area contributed by atoms with Crippen LogP contribution in [0.4, 0.5) is 0 Å². The van der Waals surface area contributed by atoms with Crippen molar-refractivity contribution in [3.63, 3.8) is 0 Å². The van der Waals surface area contributed by atoms with Gasteiger partial charge in [0.25, 0.3) is 0 Å². The summed E-state index contributed by atoms with van der Waals surface area (Å²) in [5, 5.41) is 5.61. The monoisotopic (exact) mass is 457 g/mol. The van der Waals surface area contributed by atoms with Gasteiger partial charge in [-0.1, -0.05) is 11.6 Å². The molecule has 1 unspecified atom stereocenters. The third-order valence-electron chi connectivity index (χ3n) is 2.96. The van der Waals surface area contributed by atoms with Crippen LogP contribution in [0.25, 0.3) is 0 Å². The van der Waals surface area contributed by atoms with Crippen LogP contribution >= 0.6 is 43.5 Å². The van der Waals surface area contributed by atoms with Gasteiger partial charge < -0.3 is 4.74 Å². The van der Waals surface area contributed by atoms with Crippen molar-refractivity contribution in [3.8, 4) is 5.75 Å². The topological polar surface area (TPSA) is 94.6 Å². The first-order chi connectivity index (χ1) is 9.71. The lowest BCUT2D eigenvalue weighted by molar-refractivity contribution is 0.400. The van der Waals surface area contributed by atoms with E-state index in [0.29, 0.717) is 8.96 Å². The number of rotatable bonds is 3. The van der Waals surface area contributed by atoms with Crippen LogP contribution in [0, 0.1) is 0 Å². The van der Waals surface area contributed by atoms with Crippen LogP contribution in [-0.4, -0.2) is 32.2 Å². The minimum atomic E-state index is -4.07. The van der Waals surface area contributed by atoms with Crippen molar-refractivity contribution in [1.29, 1.82) is 0 Å². The summed E-state index contributed by atoms with van der Waals surface area (Å²) in [6.07, 6.45) is 2.85. The van der Waals surface area contributed by atoms with Gasteiger partial charge in [-0.15, -0.1) is 0 Å². The Morgan fingerprint density at radius 2 is 2.14 bits per heavy atom. The summed E-state index contributed by atoms with van der Waals surface area (Å²) in [5.41, 5.74) is 0.153. The number of hydrogen-bond donors (Lipinski definition) is 1. The third-order valence-corrected chi connectivity index (χ3v) is 6.00. The standard InChI is InChI=1S/C11H10Br2ClN3O3S/c1-20-8-2-6(12)4-16-9(8)11(21(15,18)19)3-7(13)10(14)17-5-11/h2-4H,5H2,1H3,(H2,15,18,19). The molecule has 0 saturated heterocycles. The highest BCUT2D eigenvalue weighted by Crippen LogP contribution is 2.40. The Morgan fingerprint density at radius 1 is 1.48 bits per heavy atom. The second-order valence-electron chi connectivity index (χ2n) is 4.24. The molecule has 6 nitrogen and oxygen atoms in total. The fraction of sp³-hybridized carbons (Fsp3) is 0.273. The third kappa shape index (κ3) is 3.02. The Bertz CT molecular complexity index is 751. The van der Waals surface area contributed by atoms with Crippen molar-refractivity contribution in [1.82, 2.24) is 4.98 Å². The fourth-order valence-electron chi connectivity index (χ4n) is 1.92. The number of ether oxygens (including phenoxy) is 1. The zero-order chi connectivity index (χ0) is 15.8. The van der Waals surface area contributed by atoms with Crippen molar-refractivity contribution in [2.45, 2.75) is 4.75 Å². The van der Waals surface area contributed by atoms with Crippen LogP contribution in [0.1, 0.15) is 5.69 Å². The van der Waals surface area contributed by atoms with Crippen LogP contribution in [0.3, 0.4) is 0 Å². The number of hydrogen-bond acceptors (Lipinski definition) is 5. The van der Waals surface area contributed by atoms with E-state index in [1.54, 1.807) is 6.07 Å². The van der Waals surface area contributed by atoms with Crippen LogP contribution in [-0.2, 0) is 14.8 Å². The van der Waals surface area contributed by atoms with E-state index in [9.17, 15) is 8.42 Å². The van der Waals surface area contributed by atoms with Crippen molar-refractivity contribution in [3.05, 3.63) is 33.0 Å². The number of nitrogens with zero attached hydrogens (tertiary/aromatic N) is 2. The summed E-state index contributed by atoms with van der Waals surface area (Å²) < 4.78 is 29.0. The van der Waals surface area contributed by atoms with Crippen molar-refractivity contribution in [2.75, 3.05) is 13.7 Å². The van der Waals surface area contributed by atoms with Gasteiger partial charge in [-0.3, -0.25) is 9.98 Å². The highest BCUT2D eigenvalue weighted by atomic mass is 79.9. The molecule has 2 heterocycles. The van der Waals surface area contributed by atoms with Gasteiger partial charge in [-0.25, -0.2) is 13.6 Å². The maximum Gasteiger partial charge on any atom is 0.226 e. The van der Waals surface area contributed by atoms with E-state index in [4.69, 9.17) is 21.5 Å². The first-order valence-electron chi connectivity index (χ1n) is 5.52. The predicted octanol–water partition coefficient (Wildman–Crippen LogP) is 2.27. The molecule has 1 aliphatic heterocycles. The number of methoxy groups -OCH3 is 1. The molecule has 2 N–H and O–H groups in total. The van der Waals surface area contributed by atoms with E-state index < -0.39 is 14.8 Å². The number of pyridine rings is 1. The largest absolute Gasteiger partial charge is 0.495 e.